The van der Waals surface area contributed by atoms with Crippen molar-refractivity contribution in [1.82, 2.24) is 5.43 Å². The monoisotopic (exact) mass is 208 g/mol. The van der Waals surface area contributed by atoms with E-state index in [1.165, 1.54) is 6.21 Å². The van der Waals surface area contributed by atoms with Gasteiger partial charge >= 0.3 is 0 Å². The number of carbonyl (C=O) groups is 1. The van der Waals surface area contributed by atoms with Gasteiger partial charge in [0, 0.05) is 11.6 Å². The molecule has 0 radical (unpaired) electrons. The summed E-state index contributed by atoms with van der Waals surface area (Å²) in [6, 6.07) is 5.31. The van der Waals surface area contributed by atoms with E-state index >= 15 is 0 Å². The second-order valence-electron chi connectivity index (χ2n) is 2.61. The van der Waals surface area contributed by atoms with Gasteiger partial charge in [0.15, 0.2) is 0 Å². The van der Waals surface area contributed by atoms with Crippen molar-refractivity contribution in [2.75, 3.05) is 14.2 Å². The van der Waals surface area contributed by atoms with E-state index in [0.29, 0.717) is 17.9 Å². The lowest BCUT2D eigenvalue weighted by molar-refractivity contribution is -0.109. The Morgan fingerprint density at radius 1 is 1.33 bits per heavy atom. The number of hydrogen-bond acceptors (Lipinski definition) is 4. The zero-order chi connectivity index (χ0) is 11.1. The predicted molar refractivity (Wildman–Crippen MR) is 56.3 cm³/mol. The molecule has 1 rings (SSSR count). The molecular formula is C10H12N2O3. The number of carbonyl (C=O) groups excluding carboxylic acids is 1. The largest absolute Gasteiger partial charge is 0.497 e. The van der Waals surface area contributed by atoms with Crippen molar-refractivity contribution in [3.63, 3.8) is 0 Å². The summed E-state index contributed by atoms with van der Waals surface area (Å²) in [5.41, 5.74) is 2.94. The number of hydrogen-bond donors (Lipinski definition) is 1. The van der Waals surface area contributed by atoms with Crippen molar-refractivity contribution >= 4 is 12.6 Å². The van der Waals surface area contributed by atoms with Gasteiger partial charge in [-0.15, -0.1) is 0 Å². The lowest BCUT2D eigenvalue weighted by Gasteiger charge is -2.06. The molecule has 0 saturated carbocycles. The fourth-order valence-corrected chi connectivity index (χ4v) is 1.06. The van der Waals surface area contributed by atoms with Gasteiger partial charge in [-0.25, -0.2) is 5.43 Å². The van der Waals surface area contributed by atoms with Crippen molar-refractivity contribution < 1.29 is 14.3 Å². The molecule has 0 fully saturated rings. The average Bonchev–Trinajstić information content (AvgIpc) is 2.29. The lowest BCUT2D eigenvalue weighted by atomic mass is 10.2. The normalized spacial score (nSPS) is 10.0. The quantitative estimate of drug-likeness (QED) is 0.442. The number of benzene rings is 1. The number of amides is 1. The molecule has 0 spiro atoms. The first-order valence-corrected chi connectivity index (χ1v) is 4.26. The summed E-state index contributed by atoms with van der Waals surface area (Å²) in [4.78, 5) is 9.97. The topological polar surface area (TPSA) is 59.9 Å². The number of nitrogens with one attached hydrogen (secondary N) is 1. The molecule has 0 aliphatic carbocycles. The minimum Gasteiger partial charge on any atom is -0.497 e. The van der Waals surface area contributed by atoms with Crippen LogP contribution in [0.25, 0.3) is 0 Å². The van der Waals surface area contributed by atoms with E-state index in [-0.39, 0.29) is 0 Å². The van der Waals surface area contributed by atoms with Crippen LogP contribution in [0.15, 0.2) is 23.3 Å². The van der Waals surface area contributed by atoms with Crippen LogP contribution in [0.3, 0.4) is 0 Å². The van der Waals surface area contributed by atoms with E-state index in [1.54, 1.807) is 32.4 Å². The molecule has 0 aliphatic rings. The molecule has 1 aromatic rings. The summed E-state index contributed by atoms with van der Waals surface area (Å²) >= 11 is 0. The van der Waals surface area contributed by atoms with Crippen LogP contribution in [-0.2, 0) is 4.79 Å². The highest BCUT2D eigenvalue weighted by atomic mass is 16.5. The molecule has 0 heterocycles. The number of methoxy groups -OCH3 is 2. The zero-order valence-electron chi connectivity index (χ0n) is 8.56. The number of rotatable bonds is 5. The van der Waals surface area contributed by atoms with Crippen LogP contribution in [0.2, 0.25) is 0 Å². The van der Waals surface area contributed by atoms with Gasteiger partial charge in [0.05, 0.1) is 20.4 Å². The second kappa shape index (κ2) is 5.64. The highest BCUT2D eigenvalue weighted by molar-refractivity contribution is 5.84. The van der Waals surface area contributed by atoms with Gasteiger partial charge in [0.25, 0.3) is 0 Å². The average molecular weight is 208 g/mol. The van der Waals surface area contributed by atoms with Gasteiger partial charge in [-0.05, 0) is 12.1 Å². The van der Waals surface area contributed by atoms with Crippen LogP contribution in [0.1, 0.15) is 5.56 Å². The third-order valence-corrected chi connectivity index (χ3v) is 1.77. The van der Waals surface area contributed by atoms with E-state index in [2.05, 4.69) is 10.5 Å². The molecule has 80 valence electrons. The molecule has 1 aromatic carbocycles. The number of hydrazone groups is 1. The van der Waals surface area contributed by atoms with Crippen molar-refractivity contribution in [3.8, 4) is 11.5 Å². The summed E-state index contributed by atoms with van der Waals surface area (Å²) in [6.45, 7) is 0. The third-order valence-electron chi connectivity index (χ3n) is 1.77. The Hall–Kier alpha value is -2.04. The van der Waals surface area contributed by atoms with Crippen LogP contribution < -0.4 is 14.9 Å². The van der Waals surface area contributed by atoms with E-state index in [4.69, 9.17) is 9.47 Å². The Morgan fingerprint density at radius 3 is 2.73 bits per heavy atom. The number of nitrogens with zero attached hydrogens (tertiary/aromatic N) is 1. The Labute approximate surface area is 87.7 Å². The van der Waals surface area contributed by atoms with E-state index in [1.807, 2.05) is 0 Å². The molecule has 15 heavy (non-hydrogen) atoms. The highest BCUT2D eigenvalue weighted by Crippen LogP contribution is 2.22. The summed E-state index contributed by atoms with van der Waals surface area (Å²) in [7, 11) is 3.13. The van der Waals surface area contributed by atoms with Gasteiger partial charge in [-0.2, -0.15) is 5.10 Å². The molecule has 0 atom stereocenters. The van der Waals surface area contributed by atoms with Crippen LogP contribution >= 0.6 is 0 Å². The minimum atomic E-state index is 0.493. The summed E-state index contributed by atoms with van der Waals surface area (Å²) < 4.78 is 10.2. The van der Waals surface area contributed by atoms with Crippen molar-refractivity contribution in [2.45, 2.75) is 0 Å². The summed E-state index contributed by atoms with van der Waals surface area (Å²) in [5, 5.41) is 3.66. The highest BCUT2D eigenvalue weighted by Gasteiger charge is 2.01. The van der Waals surface area contributed by atoms with Crippen LogP contribution in [0.5, 0.6) is 11.5 Å². The molecule has 0 unspecified atom stereocenters. The molecule has 0 saturated heterocycles. The molecular weight excluding hydrogens is 196 g/mol. The minimum absolute atomic E-state index is 0.493. The maximum Gasteiger partial charge on any atom is 0.227 e. The standard InChI is InChI=1S/C10H12N2O3/c1-14-9-4-3-8(6-11-12-7-13)10(5-9)15-2/h3-7H,1-2H3,(H,12,13). The maximum atomic E-state index is 9.97. The molecule has 5 heteroatoms. The van der Waals surface area contributed by atoms with Gasteiger partial charge in [-0.1, -0.05) is 0 Å². The maximum absolute atomic E-state index is 9.97. The Kier molecular flexibility index (Phi) is 4.15. The lowest BCUT2D eigenvalue weighted by Crippen LogP contribution is -2.01. The summed E-state index contributed by atoms with van der Waals surface area (Å²) in [5.74, 6) is 1.33. The SMILES string of the molecule is COc1ccc(C=NNC=O)c(OC)c1. The summed E-state index contributed by atoms with van der Waals surface area (Å²) in [6.07, 6.45) is 1.99. The fraction of sp³-hybridized carbons (Fsp3) is 0.200. The van der Waals surface area contributed by atoms with Crippen molar-refractivity contribution in [3.05, 3.63) is 23.8 Å². The molecule has 0 aromatic heterocycles. The second-order valence-corrected chi connectivity index (χ2v) is 2.61. The van der Waals surface area contributed by atoms with E-state index in [0.717, 1.165) is 5.56 Å². The first-order valence-electron chi connectivity index (χ1n) is 4.26. The Balaban J connectivity index is 2.91. The molecule has 1 N–H and O–H groups in total. The first-order chi connectivity index (χ1) is 7.31. The zero-order valence-corrected chi connectivity index (χ0v) is 8.56. The van der Waals surface area contributed by atoms with Crippen molar-refractivity contribution in [1.29, 1.82) is 0 Å². The van der Waals surface area contributed by atoms with E-state index < -0.39 is 0 Å². The van der Waals surface area contributed by atoms with Crippen molar-refractivity contribution in [2.24, 2.45) is 5.10 Å². The smallest absolute Gasteiger partial charge is 0.227 e. The third kappa shape index (κ3) is 2.98. The van der Waals surface area contributed by atoms with Crippen LogP contribution in [0.4, 0.5) is 0 Å². The molecule has 0 bridgehead atoms. The predicted octanol–water partition coefficient (Wildman–Crippen LogP) is 0.784. The Morgan fingerprint density at radius 2 is 2.13 bits per heavy atom. The molecule has 5 nitrogen and oxygen atoms in total. The molecule has 1 amide bonds. The van der Waals surface area contributed by atoms with Gasteiger partial charge < -0.3 is 9.47 Å². The van der Waals surface area contributed by atoms with E-state index in [9.17, 15) is 4.79 Å². The first kappa shape index (κ1) is 11.0. The van der Waals surface area contributed by atoms with Gasteiger partial charge in [0.1, 0.15) is 11.5 Å². The van der Waals surface area contributed by atoms with Gasteiger partial charge in [0.2, 0.25) is 6.41 Å². The fourth-order valence-electron chi connectivity index (χ4n) is 1.06. The van der Waals surface area contributed by atoms with Crippen LogP contribution in [0, 0.1) is 0 Å². The number of ether oxygens (including phenoxy) is 2. The van der Waals surface area contributed by atoms with Gasteiger partial charge in [-0.3, -0.25) is 4.79 Å². The molecule has 0 aliphatic heterocycles. The van der Waals surface area contributed by atoms with Crippen LogP contribution in [-0.4, -0.2) is 26.8 Å². The Bertz CT molecular complexity index is 364.